The zero-order valence-electron chi connectivity index (χ0n) is 21.5. The molecule has 2 heterocycles. The smallest absolute Gasteiger partial charge is 0.255 e. The van der Waals surface area contributed by atoms with Gasteiger partial charge in [0, 0.05) is 12.1 Å². The lowest BCUT2D eigenvalue weighted by molar-refractivity contribution is -0.113. The topological polar surface area (TPSA) is 99.5 Å². The van der Waals surface area contributed by atoms with E-state index in [-0.39, 0.29) is 5.91 Å². The first-order valence-electron chi connectivity index (χ1n) is 12.3. The molecule has 0 radical (unpaired) electrons. The highest BCUT2D eigenvalue weighted by Crippen LogP contribution is 2.39. The summed E-state index contributed by atoms with van der Waals surface area (Å²) in [7, 11) is 3.17. The SMILES string of the molecule is COc1ccccc1NC(=O)C1=C(C)Nc2ncnn2C1c1ccc(OCCc2ccccc2)c(OC)c1. The van der Waals surface area contributed by atoms with E-state index in [1.54, 1.807) is 31.0 Å². The molecule has 0 aliphatic carbocycles. The van der Waals surface area contributed by atoms with Gasteiger partial charge in [0.05, 0.1) is 32.1 Å². The summed E-state index contributed by atoms with van der Waals surface area (Å²) in [4.78, 5) is 18.0. The van der Waals surface area contributed by atoms with Gasteiger partial charge in [0.1, 0.15) is 18.1 Å². The van der Waals surface area contributed by atoms with Gasteiger partial charge < -0.3 is 24.8 Å². The Morgan fingerprint density at radius 1 is 0.974 bits per heavy atom. The summed E-state index contributed by atoms with van der Waals surface area (Å²) in [5.41, 5.74) is 3.74. The minimum absolute atomic E-state index is 0.284. The highest BCUT2D eigenvalue weighted by molar-refractivity contribution is 6.06. The van der Waals surface area contributed by atoms with Gasteiger partial charge in [0.15, 0.2) is 11.5 Å². The standard InChI is InChI=1S/C29H29N5O4/c1-19-26(28(35)33-22-11-7-8-12-23(22)36-2)27(34-29(32-19)30-18-31-34)21-13-14-24(25(17-21)37-3)38-16-15-20-9-5-4-6-10-20/h4-14,17-18,27H,15-16H2,1-3H3,(H,33,35)(H,30,31,32). The zero-order chi connectivity index (χ0) is 26.5. The maximum absolute atomic E-state index is 13.7. The molecule has 1 unspecified atom stereocenters. The molecule has 2 N–H and O–H groups in total. The molecule has 9 heteroatoms. The van der Waals surface area contributed by atoms with Crippen LogP contribution in [0.1, 0.15) is 24.1 Å². The van der Waals surface area contributed by atoms with Crippen LogP contribution in [-0.2, 0) is 11.2 Å². The average Bonchev–Trinajstić information content (AvgIpc) is 3.41. The molecule has 9 nitrogen and oxygen atoms in total. The minimum atomic E-state index is -0.546. The number of fused-ring (bicyclic) bond motifs is 1. The van der Waals surface area contributed by atoms with Crippen LogP contribution in [0.4, 0.5) is 11.6 Å². The summed E-state index contributed by atoms with van der Waals surface area (Å²) in [5.74, 6) is 2.02. The number of nitrogens with zero attached hydrogens (tertiary/aromatic N) is 3. The predicted octanol–water partition coefficient (Wildman–Crippen LogP) is 4.84. The number of hydrogen-bond donors (Lipinski definition) is 2. The number of anilines is 2. The number of hydrogen-bond acceptors (Lipinski definition) is 7. The second kappa shape index (κ2) is 11.1. The van der Waals surface area contributed by atoms with Crippen LogP contribution in [0.2, 0.25) is 0 Å². The van der Waals surface area contributed by atoms with Crippen LogP contribution >= 0.6 is 0 Å². The molecule has 0 bridgehead atoms. The van der Waals surface area contributed by atoms with Crippen LogP contribution < -0.4 is 24.8 Å². The van der Waals surface area contributed by atoms with Gasteiger partial charge in [0.2, 0.25) is 5.95 Å². The van der Waals surface area contributed by atoms with Crippen LogP contribution in [0.25, 0.3) is 0 Å². The number of ether oxygens (including phenoxy) is 3. The van der Waals surface area contributed by atoms with Crippen molar-refractivity contribution in [3.63, 3.8) is 0 Å². The molecule has 38 heavy (non-hydrogen) atoms. The molecule has 0 saturated carbocycles. The molecule has 1 aliphatic rings. The first-order chi connectivity index (χ1) is 18.6. The number of benzene rings is 3. The summed E-state index contributed by atoms with van der Waals surface area (Å²) < 4.78 is 18.8. The number of carbonyl (C=O) groups excluding carboxylic acids is 1. The van der Waals surface area contributed by atoms with Crippen molar-refractivity contribution in [2.24, 2.45) is 0 Å². The number of nitrogens with one attached hydrogen (secondary N) is 2. The Morgan fingerprint density at radius 3 is 2.53 bits per heavy atom. The molecule has 0 spiro atoms. The molecule has 1 aromatic heterocycles. The monoisotopic (exact) mass is 511 g/mol. The lowest BCUT2D eigenvalue weighted by Gasteiger charge is -2.29. The number of aromatic nitrogens is 3. The highest BCUT2D eigenvalue weighted by atomic mass is 16.5. The third kappa shape index (κ3) is 5.04. The van der Waals surface area contributed by atoms with Gasteiger partial charge in [-0.15, -0.1) is 0 Å². The fourth-order valence-corrected chi connectivity index (χ4v) is 4.53. The summed E-state index contributed by atoms with van der Waals surface area (Å²) in [6.45, 7) is 2.35. The molecular formula is C29H29N5O4. The Hall–Kier alpha value is -4.79. The Bertz CT molecular complexity index is 1460. The molecule has 0 fully saturated rings. The molecule has 3 aromatic carbocycles. The van der Waals surface area contributed by atoms with Crippen molar-refractivity contribution in [1.82, 2.24) is 14.8 Å². The van der Waals surface area contributed by atoms with Crippen LogP contribution in [0.15, 0.2) is 90.4 Å². The normalized spacial score (nSPS) is 14.3. The molecular weight excluding hydrogens is 482 g/mol. The van der Waals surface area contributed by atoms with E-state index in [1.807, 2.05) is 55.5 Å². The van der Waals surface area contributed by atoms with Gasteiger partial charge in [-0.2, -0.15) is 10.1 Å². The number of rotatable bonds is 9. The second-order valence-electron chi connectivity index (χ2n) is 8.74. The van der Waals surface area contributed by atoms with Gasteiger partial charge in [-0.1, -0.05) is 48.5 Å². The van der Waals surface area contributed by atoms with Gasteiger partial charge in [-0.3, -0.25) is 4.79 Å². The Balaban J connectivity index is 1.44. The van der Waals surface area contributed by atoms with Crippen molar-refractivity contribution >= 4 is 17.5 Å². The fraction of sp³-hybridized carbons (Fsp3) is 0.207. The number of amides is 1. The molecule has 0 saturated heterocycles. The lowest BCUT2D eigenvalue weighted by Crippen LogP contribution is -2.31. The number of methoxy groups -OCH3 is 2. The van der Waals surface area contributed by atoms with Crippen molar-refractivity contribution in [1.29, 1.82) is 0 Å². The number of allylic oxidation sites excluding steroid dienone is 1. The maximum atomic E-state index is 13.7. The maximum Gasteiger partial charge on any atom is 0.255 e. The average molecular weight is 512 g/mol. The van der Waals surface area contributed by atoms with Crippen LogP contribution in [-0.4, -0.2) is 41.5 Å². The first-order valence-corrected chi connectivity index (χ1v) is 12.3. The van der Waals surface area contributed by atoms with E-state index in [1.165, 1.54) is 11.9 Å². The number of carbonyl (C=O) groups is 1. The van der Waals surface area contributed by atoms with E-state index >= 15 is 0 Å². The van der Waals surface area contributed by atoms with E-state index in [0.717, 1.165) is 12.0 Å². The van der Waals surface area contributed by atoms with E-state index in [9.17, 15) is 4.79 Å². The largest absolute Gasteiger partial charge is 0.495 e. The highest BCUT2D eigenvalue weighted by Gasteiger charge is 2.34. The Morgan fingerprint density at radius 2 is 1.74 bits per heavy atom. The molecule has 5 rings (SSSR count). The van der Waals surface area contributed by atoms with Crippen LogP contribution in [0.5, 0.6) is 17.2 Å². The van der Waals surface area contributed by atoms with Gasteiger partial charge in [-0.25, -0.2) is 4.68 Å². The van der Waals surface area contributed by atoms with Gasteiger partial charge in [-0.05, 0) is 42.3 Å². The molecule has 194 valence electrons. The van der Waals surface area contributed by atoms with Crippen LogP contribution in [0.3, 0.4) is 0 Å². The van der Waals surface area contributed by atoms with Crippen molar-refractivity contribution in [2.75, 3.05) is 31.5 Å². The minimum Gasteiger partial charge on any atom is -0.495 e. The second-order valence-corrected chi connectivity index (χ2v) is 8.74. The van der Waals surface area contributed by atoms with Crippen molar-refractivity contribution in [3.05, 3.63) is 102 Å². The Labute approximate surface area is 221 Å². The van der Waals surface area contributed by atoms with Gasteiger partial charge >= 0.3 is 0 Å². The quantitative estimate of drug-likeness (QED) is 0.332. The molecule has 4 aromatic rings. The van der Waals surface area contributed by atoms with E-state index in [4.69, 9.17) is 14.2 Å². The van der Waals surface area contributed by atoms with E-state index in [2.05, 4.69) is 32.8 Å². The molecule has 1 amide bonds. The third-order valence-electron chi connectivity index (χ3n) is 6.39. The number of para-hydroxylation sites is 2. The predicted molar refractivity (Wildman–Crippen MR) is 145 cm³/mol. The summed E-state index contributed by atoms with van der Waals surface area (Å²) in [6, 6.07) is 22.6. The van der Waals surface area contributed by atoms with Gasteiger partial charge in [0.25, 0.3) is 5.91 Å². The summed E-state index contributed by atoms with van der Waals surface area (Å²) in [5, 5.41) is 10.6. The third-order valence-corrected chi connectivity index (χ3v) is 6.39. The van der Waals surface area contributed by atoms with E-state index < -0.39 is 6.04 Å². The van der Waals surface area contributed by atoms with Crippen LogP contribution in [0, 0.1) is 0 Å². The van der Waals surface area contributed by atoms with Crippen molar-refractivity contribution in [2.45, 2.75) is 19.4 Å². The molecule has 1 atom stereocenters. The van der Waals surface area contributed by atoms with Crippen molar-refractivity contribution < 1.29 is 19.0 Å². The van der Waals surface area contributed by atoms with E-state index in [0.29, 0.717) is 46.8 Å². The first kappa shape index (κ1) is 24.9. The van der Waals surface area contributed by atoms with Crippen molar-refractivity contribution in [3.8, 4) is 17.2 Å². The Kier molecular flexibility index (Phi) is 7.26. The summed E-state index contributed by atoms with van der Waals surface area (Å²) in [6.07, 6.45) is 2.24. The molecule has 1 aliphatic heterocycles. The fourth-order valence-electron chi connectivity index (χ4n) is 4.53. The zero-order valence-corrected chi connectivity index (χ0v) is 21.5. The summed E-state index contributed by atoms with van der Waals surface area (Å²) >= 11 is 0. The lowest BCUT2D eigenvalue weighted by atomic mass is 9.94.